The molecule has 10 aromatic rings. The molecule has 0 unspecified atom stereocenters. The maximum Gasteiger partial charge on any atom is 0.203 e. The highest BCUT2D eigenvalue weighted by molar-refractivity contribution is 6.29. The highest BCUT2D eigenvalue weighted by Gasteiger charge is 2.28. The van der Waals surface area contributed by atoms with Gasteiger partial charge < -0.3 is 9.13 Å². The zero-order chi connectivity index (χ0) is 36.2. The van der Waals surface area contributed by atoms with Gasteiger partial charge in [-0.1, -0.05) is 140 Å². The molecule has 0 radical (unpaired) electrons. The number of hydrogen-bond acceptors (Lipinski definition) is 1. The van der Waals surface area contributed by atoms with Crippen LogP contribution in [0.5, 0.6) is 0 Å². The van der Waals surface area contributed by atoms with Crippen LogP contribution < -0.4 is 0 Å². The minimum atomic E-state index is 0.458. The Balaban J connectivity index is 1.51. The van der Waals surface area contributed by atoms with Gasteiger partial charge in [-0.15, -0.1) is 0 Å². The van der Waals surface area contributed by atoms with Crippen LogP contribution in [0.15, 0.2) is 182 Å². The number of aromatic nitrogens is 2. The number of fused-ring (bicyclic) bond motifs is 6. The van der Waals surface area contributed by atoms with E-state index in [2.05, 4.69) is 129 Å². The molecule has 0 saturated carbocycles. The third-order valence-corrected chi connectivity index (χ3v) is 10.6. The minimum Gasteiger partial charge on any atom is -0.309 e. The van der Waals surface area contributed by atoms with E-state index in [9.17, 15) is 5.26 Å². The fourth-order valence-electron chi connectivity index (χ4n) is 8.38. The molecule has 8 aromatic carbocycles. The molecule has 4 heteroatoms. The molecule has 0 aliphatic carbocycles. The van der Waals surface area contributed by atoms with E-state index in [1.807, 2.05) is 72.8 Å². The largest absolute Gasteiger partial charge is 0.309 e. The molecular formula is C50H30N4. The summed E-state index contributed by atoms with van der Waals surface area (Å²) < 4.78 is 4.69. The Bertz CT molecular complexity index is 3010. The predicted molar refractivity (Wildman–Crippen MR) is 222 cm³/mol. The first-order chi connectivity index (χ1) is 26.8. The van der Waals surface area contributed by atoms with Gasteiger partial charge in [-0.05, 0) is 70.3 Å². The van der Waals surface area contributed by atoms with Crippen LogP contribution in [0.25, 0.3) is 93.2 Å². The standard InChI is InChI=1S/C50H30N4/c1-52-50-40(30-39(33-18-6-2-7-19-33)41(32-51)46(50)34-20-8-3-9-21-34)49-47-37-26-14-16-28-42(37)53(35-22-10-4-11-23-35)44(47)31-45-48(49)38-27-15-17-29-43(38)54(45)36-24-12-5-13-25-36/h2-31H. The Morgan fingerprint density at radius 1 is 0.444 bits per heavy atom. The third kappa shape index (κ3) is 4.61. The summed E-state index contributed by atoms with van der Waals surface area (Å²) in [4.78, 5) is 4.36. The fourth-order valence-corrected chi connectivity index (χ4v) is 8.38. The summed E-state index contributed by atoms with van der Waals surface area (Å²) in [7, 11) is 0. The van der Waals surface area contributed by atoms with Crippen molar-refractivity contribution < 1.29 is 0 Å². The molecule has 0 saturated heterocycles. The monoisotopic (exact) mass is 686 g/mol. The van der Waals surface area contributed by atoms with Crippen LogP contribution in [-0.2, 0) is 0 Å². The van der Waals surface area contributed by atoms with Crippen LogP contribution in [-0.4, -0.2) is 9.13 Å². The average molecular weight is 687 g/mol. The smallest absolute Gasteiger partial charge is 0.203 e. The summed E-state index contributed by atoms with van der Waals surface area (Å²) in [6.45, 7) is 8.90. The quantitative estimate of drug-likeness (QED) is 0.166. The maximum atomic E-state index is 10.9. The molecule has 0 amide bonds. The summed E-state index contributed by atoms with van der Waals surface area (Å²) in [5.41, 5.74) is 12.2. The van der Waals surface area contributed by atoms with Crippen molar-refractivity contribution in [3.63, 3.8) is 0 Å². The lowest BCUT2D eigenvalue weighted by atomic mass is 9.84. The molecule has 0 spiro atoms. The van der Waals surface area contributed by atoms with Crippen molar-refractivity contribution in [2.75, 3.05) is 0 Å². The zero-order valence-corrected chi connectivity index (χ0v) is 29.1. The second-order valence-corrected chi connectivity index (χ2v) is 13.4. The third-order valence-electron chi connectivity index (χ3n) is 10.6. The topological polar surface area (TPSA) is 38.0 Å². The van der Waals surface area contributed by atoms with Crippen LogP contribution in [0.2, 0.25) is 0 Å². The first kappa shape index (κ1) is 31.1. The van der Waals surface area contributed by atoms with Gasteiger partial charge in [0, 0.05) is 38.5 Å². The molecule has 0 atom stereocenters. The Labute approximate surface area is 312 Å². The molecule has 250 valence electrons. The van der Waals surface area contributed by atoms with E-state index < -0.39 is 0 Å². The lowest BCUT2D eigenvalue weighted by Gasteiger charge is -2.19. The second-order valence-electron chi connectivity index (χ2n) is 13.4. The van der Waals surface area contributed by atoms with E-state index in [1.54, 1.807) is 0 Å². The van der Waals surface area contributed by atoms with Crippen LogP contribution in [0.1, 0.15) is 5.56 Å². The van der Waals surface area contributed by atoms with E-state index in [1.165, 1.54) is 0 Å². The number of benzene rings is 8. The van der Waals surface area contributed by atoms with Crippen molar-refractivity contribution in [1.82, 2.24) is 9.13 Å². The average Bonchev–Trinajstić information content (AvgIpc) is 3.76. The molecule has 54 heavy (non-hydrogen) atoms. The highest BCUT2D eigenvalue weighted by Crippen LogP contribution is 2.53. The van der Waals surface area contributed by atoms with Gasteiger partial charge in [0.05, 0.1) is 40.3 Å². The lowest BCUT2D eigenvalue weighted by Crippen LogP contribution is -1.97. The van der Waals surface area contributed by atoms with Crippen LogP contribution in [0.4, 0.5) is 5.69 Å². The molecule has 0 fully saturated rings. The summed E-state index contributed by atoms with van der Waals surface area (Å²) >= 11 is 0. The van der Waals surface area contributed by atoms with Crippen molar-refractivity contribution in [1.29, 1.82) is 5.26 Å². The number of hydrogen-bond donors (Lipinski definition) is 0. The molecule has 2 aromatic heterocycles. The van der Waals surface area contributed by atoms with Gasteiger partial charge >= 0.3 is 0 Å². The van der Waals surface area contributed by atoms with E-state index in [0.717, 1.165) is 82.8 Å². The predicted octanol–water partition coefficient (Wildman–Crippen LogP) is 13.3. The SMILES string of the molecule is [C-]#[N+]c1c(-c2c3c4ccccc4n(-c4ccccc4)c3cc3c2c2ccccc2n3-c2ccccc2)cc(-c2ccccc2)c(C#N)c1-c1ccccc1. The van der Waals surface area contributed by atoms with Gasteiger partial charge in [0.25, 0.3) is 0 Å². The van der Waals surface area contributed by atoms with Gasteiger partial charge in [-0.3, -0.25) is 0 Å². The first-order valence-electron chi connectivity index (χ1n) is 18.0. The first-order valence-corrected chi connectivity index (χ1v) is 18.0. The summed E-state index contributed by atoms with van der Waals surface area (Å²) in [5.74, 6) is 0. The molecule has 0 aliphatic rings. The van der Waals surface area contributed by atoms with Crippen LogP contribution >= 0.6 is 0 Å². The highest BCUT2D eigenvalue weighted by atomic mass is 15.0. The van der Waals surface area contributed by atoms with Crippen molar-refractivity contribution >= 4 is 49.3 Å². The fraction of sp³-hybridized carbons (Fsp3) is 0. The molecule has 0 aliphatic heterocycles. The molecule has 0 bridgehead atoms. The van der Waals surface area contributed by atoms with E-state index in [4.69, 9.17) is 6.57 Å². The Kier molecular flexibility index (Phi) is 7.22. The van der Waals surface area contributed by atoms with Gasteiger partial charge in [-0.2, -0.15) is 5.26 Å². The van der Waals surface area contributed by atoms with E-state index in [-0.39, 0.29) is 0 Å². The molecular weight excluding hydrogens is 657 g/mol. The van der Waals surface area contributed by atoms with E-state index in [0.29, 0.717) is 16.8 Å². The lowest BCUT2D eigenvalue weighted by molar-refractivity contribution is 1.16. The van der Waals surface area contributed by atoms with Gasteiger partial charge in [0.1, 0.15) is 0 Å². The van der Waals surface area contributed by atoms with E-state index >= 15 is 0 Å². The molecule has 10 rings (SSSR count). The zero-order valence-electron chi connectivity index (χ0n) is 29.1. The number of nitrogens with zero attached hydrogens (tertiary/aromatic N) is 4. The van der Waals surface area contributed by atoms with Crippen molar-refractivity contribution in [2.45, 2.75) is 0 Å². The minimum absolute atomic E-state index is 0.458. The summed E-state index contributed by atoms with van der Waals surface area (Å²) in [6, 6.07) is 65.1. The Morgan fingerprint density at radius 2 is 0.889 bits per heavy atom. The molecule has 4 nitrogen and oxygen atoms in total. The van der Waals surface area contributed by atoms with Crippen LogP contribution in [0, 0.1) is 17.9 Å². The molecule has 0 N–H and O–H groups in total. The van der Waals surface area contributed by atoms with Gasteiger partial charge in [0.2, 0.25) is 5.69 Å². The van der Waals surface area contributed by atoms with Crippen molar-refractivity contribution in [3.05, 3.63) is 199 Å². The second kappa shape index (κ2) is 12.5. The van der Waals surface area contributed by atoms with Crippen molar-refractivity contribution in [2.24, 2.45) is 0 Å². The number of nitriles is 1. The Morgan fingerprint density at radius 3 is 1.37 bits per heavy atom. The summed E-state index contributed by atoms with van der Waals surface area (Å²) in [6.07, 6.45) is 0. The van der Waals surface area contributed by atoms with Crippen LogP contribution in [0.3, 0.4) is 0 Å². The Hall–Kier alpha value is -7.66. The molecule has 2 heterocycles. The number of para-hydroxylation sites is 4. The maximum absolute atomic E-state index is 10.9. The normalized spacial score (nSPS) is 11.3. The van der Waals surface area contributed by atoms with Gasteiger partial charge in [0.15, 0.2) is 0 Å². The number of rotatable bonds is 5. The summed E-state index contributed by atoms with van der Waals surface area (Å²) in [5, 5.41) is 15.2. The van der Waals surface area contributed by atoms with Gasteiger partial charge in [-0.25, -0.2) is 4.85 Å². The van der Waals surface area contributed by atoms with Crippen molar-refractivity contribution in [3.8, 4) is 50.8 Å².